The minimum Gasteiger partial charge on any atom is -0.414 e. The van der Waals surface area contributed by atoms with Gasteiger partial charge in [0.15, 0.2) is 0 Å². The quantitative estimate of drug-likeness (QED) is 0.463. The van der Waals surface area contributed by atoms with Crippen molar-refractivity contribution in [3.05, 3.63) is 65.7 Å². The largest absolute Gasteiger partial charge is 0.414 e. The Morgan fingerprint density at radius 3 is 2.58 bits per heavy atom. The van der Waals surface area contributed by atoms with E-state index >= 15 is 0 Å². The van der Waals surface area contributed by atoms with Crippen LogP contribution in [0.15, 0.2) is 47.1 Å². The van der Waals surface area contributed by atoms with Gasteiger partial charge in [0.25, 0.3) is 11.8 Å². The van der Waals surface area contributed by atoms with Gasteiger partial charge in [0, 0.05) is 19.3 Å². The number of nitrogens with zero attached hydrogens (tertiary/aromatic N) is 6. The summed E-state index contributed by atoms with van der Waals surface area (Å²) >= 11 is 0. The first-order valence-corrected chi connectivity index (χ1v) is 9.29. The number of hydrogen-bond donors (Lipinski definition) is 0. The van der Waals surface area contributed by atoms with Crippen molar-refractivity contribution in [2.75, 3.05) is 0 Å². The average molecular weight is 420 g/mol. The molecule has 4 aromatic rings. The Balaban J connectivity index is 0.00000289. The third-order valence-electron chi connectivity index (χ3n) is 4.72. The Morgan fingerprint density at radius 1 is 1.06 bits per heavy atom. The van der Waals surface area contributed by atoms with Crippen LogP contribution in [-0.4, -0.2) is 25.1 Å². The first-order chi connectivity index (χ1) is 14.8. The van der Waals surface area contributed by atoms with E-state index in [0.717, 1.165) is 12.1 Å². The molecule has 3 aromatic heterocycles. The zero-order chi connectivity index (χ0) is 22.2. The molecule has 0 unspecified atom stereocenters. The molecule has 0 saturated carbocycles. The molecule has 9 heteroatoms. The summed E-state index contributed by atoms with van der Waals surface area (Å²) in [6.45, 7) is 5.28. The molecule has 0 bridgehead atoms. The van der Waals surface area contributed by atoms with Crippen molar-refractivity contribution in [1.29, 1.82) is 5.26 Å². The normalized spacial score (nSPS) is 11.4. The molecular weight excluding hydrogens is 402 g/mol. The molecule has 31 heavy (non-hydrogen) atoms. The fourth-order valence-electron chi connectivity index (χ4n) is 2.87. The zero-order valence-electron chi connectivity index (χ0n) is 16.9. The highest BCUT2D eigenvalue weighted by Gasteiger charge is 2.23. The second-order valence-electron chi connectivity index (χ2n) is 7.39. The first-order valence-electron chi connectivity index (χ1n) is 9.29. The average Bonchev–Trinajstić information content (AvgIpc) is 3.24. The van der Waals surface area contributed by atoms with Gasteiger partial charge in [-0.05, 0) is 45.0 Å². The highest BCUT2D eigenvalue weighted by molar-refractivity contribution is 5.64. The van der Waals surface area contributed by atoms with Crippen LogP contribution in [-0.2, 0) is 5.41 Å². The van der Waals surface area contributed by atoms with Gasteiger partial charge in [-0.25, -0.2) is 13.8 Å². The molecule has 0 aliphatic carbocycles. The molecule has 4 rings (SSSR count). The predicted octanol–water partition coefficient (Wildman–Crippen LogP) is 4.89. The van der Waals surface area contributed by atoms with Crippen LogP contribution in [0, 0.1) is 29.9 Å². The summed E-state index contributed by atoms with van der Waals surface area (Å²) in [5.74, 6) is -1.55. The first kappa shape index (κ1) is 20.2. The highest BCUT2D eigenvalue weighted by Crippen LogP contribution is 2.29. The second kappa shape index (κ2) is 7.65. The molecule has 7 nitrogen and oxygen atoms in total. The smallest absolute Gasteiger partial charge is 0.268 e. The minimum absolute atomic E-state index is 0. The van der Waals surface area contributed by atoms with E-state index in [9.17, 15) is 14.0 Å². The van der Waals surface area contributed by atoms with Crippen LogP contribution < -0.4 is 0 Å². The lowest BCUT2D eigenvalue weighted by Gasteiger charge is -2.15. The van der Waals surface area contributed by atoms with E-state index in [4.69, 9.17) is 4.42 Å². The van der Waals surface area contributed by atoms with Crippen LogP contribution in [0.5, 0.6) is 0 Å². The van der Waals surface area contributed by atoms with Crippen LogP contribution in [0.4, 0.5) is 8.78 Å². The van der Waals surface area contributed by atoms with Crippen LogP contribution in [0.3, 0.4) is 0 Å². The maximum absolute atomic E-state index is 14.1. The van der Waals surface area contributed by atoms with E-state index in [0.29, 0.717) is 28.3 Å². The van der Waals surface area contributed by atoms with E-state index in [1.807, 2.05) is 0 Å². The second-order valence-corrected chi connectivity index (χ2v) is 7.39. The molecule has 0 aliphatic rings. The lowest BCUT2D eigenvalue weighted by Crippen LogP contribution is -2.15. The van der Waals surface area contributed by atoms with Crippen LogP contribution in [0.2, 0.25) is 0 Å². The van der Waals surface area contributed by atoms with E-state index < -0.39 is 17.0 Å². The van der Waals surface area contributed by atoms with Gasteiger partial charge < -0.3 is 4.42 Å². The van der Waals surface area contributed by atoms with Crippen molar-refractivity contribution in [3.63, 3.8) is 0 Å². The Bertz CT molecular complexity index is 1330. The molecular formula is C22H18F2N6O. The number of aromatic nitrogens is 5. The number of rotatable bonds is 4. The molecule has 0 fully saturated rings. The van der Waals surface area contributed by atoms with Crippen molar-refractivity contribution >= 4 is 0 Å². The summed E-state index contributed by atoms with van der Waals surface area (Å²) in [7, 11) is 0. The zero-order valence-corrected chi connectivity index (χ0v) is 16.9. The van der Waals surface area contributed by atoms with Gasteiger partial charge in [-0.3, -0.25) is 9.97 Å². The number of benzene rings is 1. The highest BCUT2D eigenvalue weighted by atomic mass is 19.1. The van der Waals surface area contributed by atoms with Gasteiger partial charge >= 0.3 is 0 Å². The molecule has 0 spiro atoms. The van der Waals surface area contributed by atoms with Crippen LogP contribution in [0.25, 0.3) is 34.3 Å². The van der Waals surface area contributed by atoms with E-state index in [-0.39, 0.29) is 18.8 Å². The number of pyridine rings is 1. The summed E-state index contributed by atoms with van der Waals surface area (Å²) in [5, 5.41) is 17.2. The van der Waals surface area contributed by atoms with Crippen molar-refractivity contribution in [1.82, 2.24) is 25.1 Å². The van der Waals surface area contributed by atoms with Crippen molar-refractivity contribution in [3.8, 4) is 40.4 Å². The molecule has 156 valence electrons. The SMILES string of the molecule is Cc1ncc(-c2ccnc(C(C)(C)C#N)c2)nc1-c1nnc(-c2ccc(F)cc2F)o1.[HH]. The Labute approximate surface area is 177 Å². The summed E-state index contributed by atoms with van der Waals surface area (Å²) in [6.07, 6.45) is 3.20. The van der Waals surface area contributed by atoms with Crippen molar-refractivity contribution in [2.24, 2.45) is 0 Å². The third-order valence-corrected chi connectivity index (χ3v) is 4.72. The van der Waals surface area contributed by atoms with Gasteiger partial charge in [-0.1, -0.05) is 0 Å². The molecule has 0 amide bonds. The fourth-order valence-corrected chi connectivity index (χ4v) is 2.87. The van der Waals surface area contributed by atoms with Gasteiger partial charge in [-0.2, -0.15) is 5.26 Å². The predicted molar refractivity (Wildman–Crippen MR) is 109 cm³/mol. The van der Waals surface area contributed by atoms with Crippen molar-refractivity contribution in [2.45, 2.75) is 26.2 Å². The third kappa shape index (κ3) is 3.88. The standard InChI is InChI=1S/C22H16F2N6O.H2/c1-12-19(21-30-29-20(31-21)15-5-4-14(23)9-16(15)24)28-17(10-27-12)13-6-7-26-18(8-13)22(2,3)11-25;/h4-10H,1-3H3;1H. The minimum atomic E-state index is -0.809. The Hall–Kier alpha value is -4.06. The van der Waals surface area contributed by atoms with E-state index in [2.05, 4.69) is 31.2 Å². The molecule has 0 aliphatic heterocycles. The van der Waals surface area contributed by atoms with E-state index in [1.54, 1.807) is 45.3 Å². The maximum atomic E-state index is 14.1. The number of hydrogen-bond acceptors (Lipinski definition) is 7. The molecule has 0 atom stereocenters. The number of nitriles is 1. The summed E-state index contributed by atoms with van der Waals surface area (Å²) in [5.41, 5.74) is 1.92. The lowest BCUT2D eigenvalue weighted by molar-refractivity contribution is 0.559. The Kier molecular flexibility index (Phi) is 4.99. The number of halogens is 2. The van der Waals surface area contributed by atoms with Gasteiger partial charge in [-0.15, -0.1) is 10.2 Å². The van der Waals surface area contributed by atoms with E-state index in [1.165, 1.54) is 6.07 Å². The lowest BCUT2D eigenvalue weighted by atomic mass is 9.90. The van der Waals surface area contributed by atoms with Gasteiger partial charge in [0.2, 0.25) is 0 Å². The topological polar surface area (TPSA) is 101 Å². The molecule has 0 radical (unpaired) electrons. The summed E-state index contributed by atoms with van der Waals surface area (Å²) in [6, 6.07) is 8.84. The molecule has 1 aromatic carbocycles. The Morgan fingerprint density at radius 2 is 1.84 bits per heavy atom. The van der Waals surface area contributed by atoms with Crippen LogP contribution >= 0.6 is 0 Å². The molecule has 3 heterocycles. The maximum Gasteiger partial charge on any atom is 0.268 e. The van der Waals surface area contributed by atoms with Gasteiger partial charge in [0.1, 0.15) is 17.3 Å². The monoisotopic (exact) mass is 420 g/mol. The van der Waals surface area contributed by atoms with Gasteiger partial charge in [0.05, 0.1) is 40.3 Å². The summed E-state index contributed by atoms with van der Waals surface area (Å²) < 4.78 is 32.8. The van der Waals surface area contributed by atoms with Crippen LogP contribution in [0.1, 0.15) is 26.7 Å². The summed E-state index contributed by atoms with van der Waals surface area (Å²) in [4.78, 5) is 13.2. The fraction of sp³-hybridized carbons (Fsp3) is 0.182. The number of aryl methyl sites for hydroxylation is 1. The molecule has 0 N–H and O–H groups in total. The van der Waals surface area contributed by atoms with Crippen molar-refractivity contribution < 1.29 is 14.6 Å². The molecule has 0 saturated heterocycles.